The number of aliphatic carboxylic acids is 3. The third-order valence-electron chi connectivity index (χ3n) is 3.48. The van der Waals surface area contributed by atoms with Crippen LogP contribution in [0.5, 0.6) is 0 Å². The first kappa shape index (κ1) is 26.2. The molecule has 3 atom stereocenters. The molecule has 4 amide bonds. The molecule has 15 nitrogen and oxygen atoms in total. The van der Waals surface area contributed by atoms with Gasteiger partial charge in [0, 0.05) is 6.42 Å². The second-order valence-electron chi connectivity index (χ2n) is 6.04. The number of nitrogens with one attached hydrogen (secondary N) is 3. The monoisotopic (exact) mass is 433 g/mol. The van der Waals surface area contributed by atoms with Gasteiger partial charge in [0.15, 0.2) is 0 Å². The lowest BCUT2D eigenvalue weighted by Crippen LogP contribution is -2.54. The molecule has 0 bridgehead atoms. The van der Waals surface area contributed by atoms with Crippen LogP contribution < -0.4 is 27.4 Å². The Bertz CT molecular complexity index is 710. The van der Waals surface area contributed by atoms with E-state index in [9.17, 15) is 33.6 Å². The standard InChI is InChI=1S/C15H23N5O10/c16-6(3-11(23)24)13(27)18-5-10(22)19-8(4-12(25)26)14(28)20-7(15(29)30)1-2-9(17)21/h6-8H,1-5,16H2,(H2,17,21)(H,18,27)(H,19,22)(H,20,28)(H,23,24)(H,25,26)(H,29,30). The molecule has 3 unspecified atom stereocenters. The van der Waals surface area contributed by atoms with Crippen molar-refractivity contribution < 1.29 is 48.9 Å². The molecule has 0 rings (SSSR count). The molecule has 0 saturated carbocycles. The van der Waals surface area contributed by atoms with Crippen LogP contribution in [-0.4, -0.2) is 81.5 Å². The SMILES string of the molecule is NC(=O)CCC(NC(=O)C(CC(=O)O)NC(=O)CNC(=O)C(N)CC(=O)O)C(=O)O. The number of hydrogen-bond donors (Lipinski definition) is 8. The Hall–Kier alpha value is -3.75. The van der Waals surface area contributed by atoms with Crippen LogP contribution in [0.25, 0.3) is 0 Å². The second kappa shape index (κ2) is 12.7. The third kappa shape index (κ3) is 11.2. The van der Waals surface area contributed by atoms with Gasteiger partial charge in [0.2, 0.25) is 23.6 Å². The first-order valence-electron chi connectivity index (χ1n) is 8.41. The summed E-state index contributed by atoms with van der Waals surface area (Å²) in [6.45, 7) is -0.750. The lowest BCUT2D eigenvalue weighted by molar-refractivity contribution is -0.143. The molecule has 0 saturated heterocycles. The predicted octanol–water partition coefficient (Wildman–Crippen LogP) is -4.30. The Labute approximate surface area is 169 Å². The summed E-state index contributed by atoms with van der Waals surface area (Å²) in [5.74, 6) is -8.30. The van der Waals surface area contributed by atoms with Crippen LogP contribution in [-0.2, 0) is 33.6 Å². The van der Waals surface area contributed by atoms with E-state index in [1.165, 1.54) is 0 Å². The minimum atomic E-state index is -1.70. The summed E-state index contributed by atoms with van der Waals surface area (Å²) in [6.07, 6.45) is -2.33. The number of carbonyl (C=O) groups is 7. The number of nitrogens with two attached hydrogens (primary N) is 2. The molecule has 0 aromatic carbocycles. The van der Waals surface area contributed by atoms with Gasteiger partial charge in [-0.1, -0.05) is 0 Å². The molecule has 0 aliphatic carbocycles. The fourth-order valence-electron chi connectivity index (χ4n) is 2.02. The Morgan fingerprint density at radius 2 is 1.37 bits per heavy atom. The maximum absolute atomic E-state index is 12.2. The van der Waals surface area contributed by atoms with Crippen molar-refractivity contribution in [3.63, 3.8) is 0 Å². The van der Waals surface area contributed by atoms with Crippen molar-refractivity contribution in [3.8, 4) is 0 Å². The van der Waals surface area contributed by atoms with E-state index in [0.717, 1.165) is 0 Å². The number of carboxylic acids is 3. The van der Waals surface area contributed by atoms with Gasteiger partial charge in [-0.15, -0.1) is 0 Å². The summed E-state index contributed by atoms with van der Waals surface area (Å²) < 4.78 is 0. The molecular formula is C15H23N5O10. The Morgan fingerprint density at radius 1 is 0.800 bits per heavy atom. The molecule has 10 N–H and O–H groups in total. The maximum Gasteiger partial charge on any atom is 0.326 e. The molecule has 168 valence electrons. The molecule has 0 aliphatic heterocycles. The number of primary amides is 1. The van der Waals surface area contributed by atoms with Gasteiger partial charge in [-0.05, 0) is 6.42 Å². The van der Waals surface area contributed by atoms with Crippen LogP contribution in [0, 0.1) is 0 Å². The summed E-state index contributed by atoms with van der Waals surface area (Å²) in [4.78, 5) is 79.0. The number of amides is 4. The van der Waals surface area contributed by atoms with Gasteiger partial charge in [-0.2, -0.15) is 0 Å². The minimum Gasteiger partial charge on any atom is -0.481 e. The first-order chi connectivity index (χ1) is 13.8. The van der Waals surface area contributed by atoms with Gasteiger partial charge < -0.3 is 42.7 Å². The van der Waals surface area contributed by atoms with Gasteiger partial charge in [0.05, 0.1) is 25.4 Å². The molecule has 0 fully saturated rings. The van der Waals surface area contributed by atoms with E-state index >= 15 is 0 Å². The highest BCUT2D eigenvalue weighted by atomic mass is 16.4. The fraction of sp³-hybridized carbons (Fsp3) is 0.533. The molecule has 15 heteroatoms. The normalized spacial score (nSPS) is 13.2. The molecular weight excluding hydrogens is 410 g/mol. The smallest absolute Gasteiger partial charge is 0.326 e. The van der Waals surface area contributed by atoms with Crippen molar-refractivity contribution in [1.82, 2.24) is 16.0 Å². The minimum absolute atomic E-state index is 0.359. The van der Waals surface area contributed by atoms with E-state index in [1.54, 1.807) is 0 Å². The second-order valence-corrected chi connectivity index (χ2v) is 6.04. The van der Waals surface area contributed by atoms with Gasteiger partial charge in [0.1, 0.15) is 12.1 Å². The highest BCUT2D eigenvalue weighted by Crippen LogP contribution is 2.01. The average Bonchev–Trinajstić information content (AvgIpc) is 2.60. The molecule has 0 aliphatic rings. The van der Waals surface area contributed by atoms with E-state index in [2.05, 4.69) is 0 Å². The van der Waals surface area contributed by atoms with Gasteiger partial charge in [-0.25, -0.2) is 4.79 Å². The van der Waals surface area contributed by atoms with E-state index in [-0.39, 0.29) is 12.8 Å². The summed E-state index contributed by atoms with van der Waals surface area (Å²) in [7, 11) is 0. The zero-order valence-corrected chi connectivity index (χ0v) is 15.6. The highest BCUT2D eigenvalue weighted by Gasteiger charge is 2.28. The predicted molar refractivity (Wildman–Crippen MR) is 95.4 cm³/mol. The van der Waals surface area contributed by atoms with Crippen molar-refractivity contribution >= 4 is 41.5 Å². The summed E-state index contributed by atoms with van der Waals surface area (Å²) in [5.41, 5.74) is 10.2. The van der Waals surface area contributed by atoms with Crippen LogP contribution in [0.4, 0.5) is 0 Å². The first-order valence-corrected chi connectivity index (χ1v) is 8.41. The van der Waals surface area contributed by atoms with Crippen molar-refractivity contribution in [1.29, 1.82) is 0 Å². The summed E-state index contributed by atoms with van der Waals surface area (Å²) >= 11 is 0. The molecule has 30 heavy (non-hydrogen) atoms. The lowest BCUT2D eigenvalue weighted by atomic mass is 10.1. The Kier molecular flexibility index (Phi) is 11.1. The van der Waals surface area contributed by atoms with Gasteiger partial charge in [-0.3, -0.25) is 28.8 Å². The van der Waals surface area contributed by atoms with Gasteiger partial charge >= 0.3 is 17.9 Å². The van der Waals surface area contributed by atoms with Crippen molar-refractivity contribution in [3.05, 3.63) is 0 Å². The molecule has 0 spiro atoms. The fourth-order valence-corrected chi connectivity index (χ4v) is 2.02. The van der Waals surface area contributed by atoms with E-state index in [4.69, 9.17) is 26.8 Å². The zero-order chi connectivity index (χ0) is 23.4. The maximum atomic E-state index is 12.2. The average molecular weight is 433 g/mol. The van der Waals surface area contributed by atoms with Crippen LogP contribution in [0.15, 0.2) is 0 Å². The molecule has 0 radical (unpaired) electrons. The largest absolute Gasteiger partial charge is 0.481 e. The lowest BCUT2D eigenvalue weighted by Gasteiger charge is -2.20. The number of carboxylic acid groups (broad SMARTS) is 3. The van der Waals surface area contributed by atoms with Gasteiger partial charge in [0.25, 0.3) is 0 Å². The van der Waals surface area contributed by atoms with Crippen LogP contribution in [0.2, 0.25) is 0 Å². The highest BCUT2D eigenvalue weighted by molar-refractivity contribution is 5.94. The van der Waals surface area contributed by atoms with Crippen molar-refractivity contribution in [2.75, 3.05) is 6.54 Å². The van der Waals surface area contributed by atoms with Crippen LogP contribution in [0.3, 0.4) is 0 Å². The molecule has 0 heterocycles. The molecule has 0 aromatic rings. The quantitative estimate of drug-likeness (QED) is 0.130. The van der Waals surface area contributed by atoms with Crippen molar-refractivity contribution in [2.45, 2.75) is 43.8 Å². The van der Waals surface area contributed by atoms with Crippen LogP contribution >= 0.6 is 0 Å². The third-order valence-corrected chi connectivity index (χ3v) is 3.48. The summed E-state index contributed by atoms with van der Waals surface area (Å²) in [5, 5.41) is 32.5. The van der Waals surface area contributed by atoms with Crippen molar-refractivity contribution in [2.24, 2.45) is 11.5 Å². The molecule has 0 aromatic heterocycles. The zero-order valence-electron chi connectivity index (χ0n) is 15.6. The number of carbonyl (C=O) groups excluding carboxylic acids is 4. The van der Waals surface area contributed by atoms with E-state index < -0.39 is 79.0 Å². The van der Waals surface area contributed by atoms with E-state index in [0.29, 0.717) is 0 Å². The van der Waals surface area contributed by atoms with E-state index in [1.807, 2.05) is 16.0 Å². The Balaban J connectivity index is 4.94. The topological polar surface area (TPSA) is 268 Å². The van der Waals surface area contributed by atoms with Crippen LogP contribution in [0.1, 0.15) is 25.7 Å². The number of rotatable bonds is 14. The Morgan fingerprint density at radius 3 is 1.83 bits per heavy atom. The summed E-state index contributed by atoms with van der Waals surface area (Å²) in [6, 6.07) is -4.70. The number of hydrogen-bond acceptors (Lipinski definition) is 8.